The lowest BCUT2D eigenvalue weighted by Gasteiger charge is -2.41. The average molecular weight is 459 g/mol. The van der Waals surface area contributed by atoms with Crippen molar-refractivity contribution in [2.75, 3.05) is 13.2 Å². The molecule has 28 heavy (non-hydrogen) atoms. The third-order valence-electron chi connectivity index (χ3n) is 3.78. The lowest BCUT2D eigenvalue weighted by Crippen LogP contribution is -2.65. The topological polar surface area (TPSA) is 135 Å². The van der Waals surface area contributed by atoms with Crippen molar-refractivity contribution in [2.24, 2.45) is 0 Å². The molecule has 9 nitrogen and oxygen atoms in total. The molecule has 1 heterocycles. The first-order valence-electron chi connectivity index (χ1n) is 8.01. The van der Waals surface area contributed by atoms with Crippen LogP contribution in [0.15, 0.2) is 30.3 Å². The standard InChI is InChI=1S/C16H18Cl3NO8/c17-16(18,19)7-26-15(25)20-10-12(11(22)9(6-21)27-14(10)24)28-13(23)8-4-2-1-3-5-8/h1-5,9-12,14,21-22,24H,6-7H2,(H,20,25)/t9-,10-,11-,12-,14+/m1/s1. The molecule has 5 atom stereocenters. The quantitative estimate of drug-likeness (QED) is 0.375. The number of alkyl carbamates (subject to hydrolysis) is 1. The molecule has 0 spiro atoms. The second-order valence-corrected chi connectivity index (χ2v) is 8.35. The predicted molar refractivity (Wildman–Crippen MR) is 98.2 cm³/mol. The Morgan fingerprint density at radius 1 is 1.18 bits per heavy atom. The number of rotatable bonds is 5. The minimum absolute atomic E-state index is 0.175. The number of aliphatic hydroxyl groups excluding tert-OH is 3. The first-order valence-corrected chi connectivity index (χ1v) is 9.14. The molecular weight excluding hydrogens is 441 g/mol. The highest BCUT2D eigenvalue weighted by Crippen LogP contribution is 2.27. The number of ether oxygens (including phenoxy) is 3. The second-order valence-electron chi connectivity index (χ2n) is 5.84. The van der Waals surface area contributed by atoms with Crippen LogP contribution in [0.2, 0.25) is 0 Å². The minimum Gasteiger partial charge on any atom is -0.453 e. The summed E-state index contributed by atoms with van der Waals surface area (Å²) in [6.07, 6.45) is -7.11. The molecule has 12 heteroatoms. The minimum atomic E-state index is -1.86. The molecule has 0 aromatic heterocycles. The van der Waals surface area contributed by atoms with Crippen molar-refractivity contribution in [3.05, 3.63) is 35.9 Å². The monoisotopic (exact) mass is 457 g/mol. The van der Waals surface area contributed by atoms with Crippen LogP contribution in [0.5, 0.6) is 0 Å². The van der Waals surface area contributed by atoms with Gasteiger partial charge in [0, 0.05) is 0 Å². The molecule has 1 aromatic carbocycles. The van der Waals surface area contributed by atoms with Crippen molar-refractivity contribution in [1.82, 2.24) is 5.32 Å². The Morgan fingerprint density at radius 2 is 1.82 bits per heavy atom. The van der Waals surface area contributed by atoms with E-state index in [2.05, 4.69) is 5.32 Å². The maximum atomic E-state index is 12.3. The maximum absolute atomic E-state index is 12.3. The highest BCUT2D eigenvalue weighted by molar-refractivity contribution is 6.67. The van der Waals surface area contributed by atoms with Gasteiger partial charge in [-0.25, -0.2) is 9.59 Å². The molecule has 156 valence electrons. The van der Waals surface area contributed by atoms with Crippen LogP contribution in [-0.4, -0.2) is 75.0 Å². The van der Waals surface area contributed by atoms with E-state index in [1.54, 1.807) is 18.2 Å². The van der Waals surface area contributed by atoms with Gasteiger partial charge in [-0.15, -0.1) is 0 Å². The number of carbonyl (C=O) groups is 2. The fourth-order valence-corrected chi connectivity index (χ4v) is 2.63. The van der Waals surface area contributed by atoms with Gasteiger partial charge in [0.25, 0.3) is 0 Å². The molecule has 0 saturated carbocycles. The van der Waals surface area contributed by atoms with Gasteiger partial charge in [-0.3, -0.25) is 0 Å². The van der Waals surface area contributed by atoms with E-state index in [1.165, 1.54) is 12.1 Å². The summed E-state index contributed by atoms with van der Waals surface area (Å²) in [5.74, 6) is -0.822. The number of carbonyl (C=O) groups excluding carboxylic acids is 2. The van der Waals surface area contributed by atoms with Crippen LogP contribution >= 0.6 is 34.8 Å². The molecular formula is C16H18Cl3NO8. The zero-order chi connectivity index (χ0) is 20.9. The van der Waals surface area contributed by atoms with Crippen LogP contribution in [0, 0.1) is 0 Å². The van der Waals surface area contributed by atoms with E-state index in [-0.39, 0.29) is 5.56 Å². The SMILES string of the molecule is O=C(N[C@@H]1[C@@H](OC(=O)c2ccccc2)[C@H](O)[C@@H](CO)O[C@@H]1O)OCC(Cl)(Cl)Cl. The number of aliphatic hydroxyl groups is 3. The summed E-state index contributed by atoms with van der Waals surface area (Å²) in [7, 11) is 0. The Balaban J connectivity index is 2.14. The molecule has 1 aliphatic heterocycles. The van der Waals surface area contributed by atoms with Gasteiger partial charge in [-0.1, -0.05) is 53.0 Å². The number of halogens is 3. The highest BCUT2D eigenvalue weighted by atomic mass is 35.6. The lowest BCUT2D eigenvalue weighted by molar-refractivity contribution is -0.252. The van der Waals surface area contributed by atoms with Crippen molar-refractivity contribution in [1.29, 1.82) is 0 Å². The van der Waals surface area contributed by atoms with E-state index in [0.29, 0.717) is 0 Å². The molecule has 0 radical (unpaired) electrons. The predicted octanol–water partition coefficient (Wildman–Crippen LogP) is 0.747. The summed E-state index contributed by atoms with van der Waals surface area (Å²) in [5, 5.41) is 32.0. The highest BCUT2D eigenvalue weighted by Gasteiger charge is 2.48. The lowest BCUT2D eigenvalue weighted by atomic mass is 9.96. The summed E-state index contributed by atoms with van der Waals surface area (Å²) < 4.78 is 13.1. The number of amides is 1. The molecule has 0 bridgehead atoms. The third-order valence-corrected chi connectivity index (χ3v) is 4.10. The van der Waals surface area contributed by atoms with Gasteiger partial charge in [-0.05, 0) is 12.1 Å². The van der Waals surface area contributed by atoms with E-state index in [0.717, 1.165) is 0 Å². The van der Waals surface area contributed by atoms with Crippen LogP contribution in [-0.2, 0) is 14.2 Å². The number of alkyl halides is 3. The van der Waals surface area contributed by atoms with Gasteiger partial charge < -0.3 is 34.8 Å². The number of benzene rings is 1. The van der Waals surface area contributed by atoms with Crippen LogP contribution < -0.4 is 5.32 Å². The number of hydrogen-bond acceptors (Lipinski definition) is 8. The summed E-state index contributed by atoms with van der Waals surface area (Å²) in [6.45, 7) is -1.26. The summed E-state index contributed by atoms with van der Waals surface area (Å²) in [6, 6.07) is 6.43. The van der Waals surface area contributed by atoms with Gasteiger partial charge in [0.15, 0.2) is 12.4 Å². The summed E-state index contributed by atoms with van der Waals surface area (Å²) >= 11 is 16.5. The van der Waals surface area contributed by atoms with Gasteiger partial charge in [0.05, 0.1) is 12.2 Å². The van der Waals surface area contributed by atoms with E-state index in [1.807, 2.05) is 0 Å². The maximum Gasteiger partial charge on any atom is 0.407 e. The van der Waals surface area contributed by atoms with Crippen molar-refractivity contribution in [2.45, 2.75) is 34.4 Å². The average Bonchev–Trinajstić information content (AvgIpc) is 2.65. The summed E-state index contributed by atoms with van der Waals surface area (Å²) in [5.41, 5.74) is 0.175. The first-order chi connectivity index (χ1) is 13.1. The van der Waals surface area contributed by atoms with Crippen LogP contribution in [0.25, 0.3) is 0 Å². The molecule has 1 aliphatic rings. The van der Waals surface area contributed by atoms with Crippen LogP contribution in [0.4, 0.5) is 4.79 Å². The van der Waals surface area contributed by atoms with E-state index < -0.39 is 59.7 Å². The van der Waals surface area contributed by atoms with Crippen molar-refractivity contribution >= 4 is 46.9 Å². The van der Waals surface area contributed by atoms with Crippen molar-refractivity contribution in [3.8, 4) is 0 Å². The number of nitrogens with one attached hydrogen (secondary N) is 1. The molecule has 0 aliphatic carbocycles. The Kier molecular flexibility index (Phi) is 8.14. The molecule has 2 rings (SSSR count). The second kappa shape index (κ2) is 9.93. The van der Waals surface area contributed by atoms with Crippen LogP contribution in [0.3, 0.4) is 0 Å². The third kappa shape index (κ3) is 6.35. The first kappa shape index (κ1) is 23.0. The van der Waals surface area contributed by atoms with Gasteiger partial charge in [0.2, 0.25) is 3.79 Å². The van der Waals surface area contributed by atoms with Crippen molar-refractivity contribution in [3.63, 3.8) is 0 Å². The summed E-state index contributed by atoms with van der Waals surface area (Å²) in [4.78, 5) is 24.2. The van der Waals surface area contributed by atoms with E-state index >= 15 is 0 Å². The molecule has 1 amide bonds. The Morgan fingerprint density at radius 3 is 2.39 bits per heavy atom. The molecule has 4 N–H and O–H groups in total. The largest absolute Gasteiger partial charge is 0.453 e. The Labute approximate surface area is 175 Å². The fourth-order valence-electron chi connectivity index (χ4n) is 2.47. The van der Waals surface area contributed by atoms with Gasteiger partial charge in [0.1, 0.15) is 24.9 Å². The molecule has 0 unspecified atom stereocenters. The Bertz CT molecular complexity index is 672. The van der Waals surface area contributed by atoms with Gasteiger partial charge in [-0.2, -0.15) is 0 Å². The molecule has 1 aromatic rings. The zero-order valence-electron chi connectivity index (χ0n) is 14.2. The van der Waals surface area contributed by atoms with E-state index in [9.17, 15) is 24.9 Å². The zero-order valence-corrected chi connectivity index (χ0v) is 16.5. The van der Waals surface area contributed by atoms with Crippen molar-refractivity contribution < 1.29 is 39.1 Å². The van der Waals surface area contributed by atoms with Crippen LogP contribution in [0.1, 0.15) is 10.4 Å². The Hall–Kier alpha value is -1.33. The number of esters is 1. The molecule has 1 fully saturated rings. The molecule has 1 saturated heterocycles. The smallest absolute Gasteiger partial charge is 0.407 e. The fraction of sp³-hybridized carbons (Fsp3) is 0.500. The normalized spacial score (nSPS) is 27.7. The van der Waals surface area contributed by atoms with Gasteiger partial charge >= 0.3 is 12.1 Å². The van der Waals surface area contributed by atoms with E-state index in [4.69, 9.17) is 49.0 Å². The number of hydrogen-bond donors (Lipinski definition) is 4.